The lowest BCUT2D eigenvalue weighted by molar-refractivity contribution is -0.132. The molecular weight excluding hydrogens is 378 g/mol. The number of hydrogen-bond acceptors (Lipinski definition) is 8. The summed E-state index contributed by atoms with van der Waals surface area (Å²) in [7, 11) is 2.84. The number of carbonyl (C=O) groups is 2. The van der Waals surface area contributed by atoms with Crippen molar-refractivity contribution in [3.05, 3.63) is 47.5 Å². The number of carbonyl (C=O) groups excluding carboxylic acids is 2. The first-order valence-corrected chi connectivity index (χ1v) is 8.36. The van der Waals surface area contributed by atoms with E-state index in [0.29, 0.717) is 16.9 Å². The molecule has 2 rings (SSSR count). The van der Waals surface area contributed by atoms with Gasteiger partial charge in [0.2, 0.25) is 5.75 Å². The van der Waals surface area contributed by atoms with E-state index in [1.807, 2.05) is 6.07 Å². The van der Waals surface area contributed by atoms with Crippen molar-refractivity contribution < 1.29 is 28.5 Å². The minimum absolute atomic E-state index is 0.152. The number of esters is 1. The maximum absolute atomic E-state index is 11.8. The van der Waals surface area contributed by atoms with Crippen molar-refractivity contribution in [2.24, 2.45) is 5.10 Å². The molecule has 0 bridgehead atoms. The summed E-state index contributed by atoms with van der Waals surface area (Å²) in [5, 5.41) is 12.6. The average molecular weight is 397 g/mol. The van der Waals surface area contributed by atoms with E-state index in [1.54, 1.807) is 36.4 Å². The maximum Gasteiger partial charge on any atom is 0.308 e. The molecule has 0 heterocycles. The third-order valence-electron chi connectivity index (χ3n) is 3.48. The molecule has 150 valence electrons. The first-order valence-electron chi connectivity index (χ1n) is 8.36. The maximum atomic E-state index is 11.8. The van der Waals surface area contributed by atoms with E-state index in [-0.39, 0.29) is 23.9 Å². The second-order valence-electron chi connectivity index (χ2n) is 5.57. The molecule has 29 heavy (non-hydrogen) atoms. The molecule has 0 spiro atoms. The number of hydrazone groups is 1. The molecule has 0 fully saturated rings. The summed E-state index contributed by atoms with van der Waals surface area (Å²) in [5.41, 5.74) is 3.37. The van der Waals surface area contributed by atoms with Crippen LogP contribution in [0.15, 0.2) is 41.5 Å². The number of benzene rings is 2. The number of hydrogen-bond donors (Lipinski definition) is 1. The molecule has 0 aliphatic rings. The van der Waals surface area contributed by atoms with Crippen molar-refractivity contribution in [2.75, 3.05) is 20.8 Å². The molecule has 2 aromatic rings. The summed E-state index contributed by atoms with van der Waals surface area (Å²) in [6, 6.07) is 11.5. The van der Waals surface area contributed by atoms with Gasteiger partial charge in [0.1, 0.15) is 5.75 Å². The second kappa shape index (κ2) is 10.3. The van der Waals surface area contributed by atoms with Crippen LogP contribution in [0, 0.1) is 11.3 Å². The van der Waals surface area contributed by atoms with Gasteiger partial charge in [0.05, 0.1) is 32.1 Å². The number of methoxy groups -OCH3 is 2. The van der Waals surface area contributed by atoms with Crippen LogP contribution < -0.4 is 24.4 Å². The molecule has 0 atom stereocenters. The Labute approximate surface area is 167 Å². The largest absolute Gasteiger partial charge is 0.493 e. The number of nitrogens with one attached hydrogen (secondary N) is 1. The molecule has 1 amide bonds. The lowest BCUT2D eigenvalue weighted by Crippen LogP contribution is -2.24. The van der Waals surface area contributed by atoms with Gasteiger partial charge in [-0.2, -0.15) is 10.4 Å². The van der Waals surface area contributed by atoms with Gasteiger partial charge in [0, 0.05) is 12.5 Å². The highest BCUT2D eigenvalue weighted by Crippen LogP contribution is 2.38. The normalized spacial score (nSPS) is 10.1. The molecule has 0 aromatic heterocycles. The van der Waals surface area contributed by atoms with Gasteiger partial charge in [-0.25, -0.2) is 5.43 Å². The molecule has 0 saturated carbocycles. The van der Waals surface area contributed by atoms with Crippen molar-refractivity contribution in [3.8, 4) is 29.1 Å². The third kappa shape index (κ3) is 6.25. The van der Waals surface area contributed by atoms with E-state index in [4.69, 9.17) is 24.2 Å². The number of nitriles is 1. The van der Waals surface area contributed by atoms with Gasteiger partial charge in [-0.15, -0.1) is 0 Å². The van der Waals surface area contributed by atoms with E-state index in [1.165, 1.54) is 27.4 Å². The van der Waals surface area contributed by atoms with Crippen LogP contribution >= 0.6 is 0 Å². The fourth-order valence-corrected chi connectivity index (χ4v) is 2.20. The van der Waals surface area contributed by atoms with Crippen molar-refractivity contribution >= 4 is 18.1 Å². The van der Waals surface area contributed by atoms with Crippen LogP contribution in [0.25, 0.3) is 0 Å². The zero-order valence-electron chi connectivity index (χ0n) is 16.1. The quantitative estimate of drug-likeness (QED) is 0.313. The summed E-state index contributed by atoms with van der Waals surface area (Å²) < 4.78 is 20.8. The zero-order chi connectivity index (χ0) is 21.2. The van der Waals surface area contributed by atoms with Gasteiger partial charge in [0.25, 0.3) is 5.91 Å². The van der Waals surface area contributed by atoms with Gasteiger partial charge in [-0.1, -0.05) is 0 Å². The van der Waals surface area contributed by atoms with Crippen molar-refractivity contribution in [2.45, 2.75) is 6.92 Å². The highest BCUT2D eigenvalue weighted by molar-refractivity contribution is 5.85. The molecule has 0 aliphatic carbocycles. The van der Waals surface area contributed by atoms with E-state index in [9.17, 15) is 9.59 Å². The van der Waals surface area contributed by atoms with E-state index < -0.39 is 11.9 Å². The topological polar surface area (TPSA) is 119 Å². The van der Waals surface area contributed by atoms with Crippen LogP contribution in [0.4, 0.5) is 0 Å². The predicted molar refractivity (Wildman–Crippen MR) is 103 cm³/mol. The predicted octanol–water partition coefficient (Wildman–Crippen LogP) is 2.03. The van der Waals surface area contributed by atoms with E-state index in [0.717, 1.165) is 0 Å². The summed E-state index contributed by atoms with van der Waals surface area (Å²) >= 11 is 0. The number of nitrogens with zero attached hydrogens (tertiary/aromatic N) is 2. The molecule has 9 nitrogen and oxygen atoms in total. The standard InChI is InChI=1S/C20H19N3O6/c1-13(24)29-20-17(26-2)8-15(9-18(20)27-3)11-22-23-19(25)12-28-16-6-4-14(10-21)5-7-16/h4-9,11H,12H2,1-3H3,(H,23,25)/b22-11+. The smallest absolute Gasteiger partial charge is 0.308 e. The molecule has 0 radical (unpaired) electrons. The third-order valence-corrected chi connectivity index (χ3v) is 3.48. The van der Waals surface area contributed by atoms with Gasteiger partial charge < -0.3 is 18.9 Å². The highest BCUT2D eigenvalue weighted by atomic mass is 16.6. The molecule has 2 aromatic carbocycles. The summed E-state index contributed by atoms with van der Waals surface area (Å²) in [6.07, 6.45) is 1.38. The lowest BCUT2D eigenvalue weighted by Gasteiger charge is -2.13. The Morgan fingerprint density at radius 1 is 1.14 bits per heavy atom. The monoisotopic (exact) mass is 397 g/mol. The van der Waals surface area contributed by atoms with Crippen LogP contribution in [-0.2, 0) is 9.59 Å². The van der Waals surface area contributed by atoms with E-state index in [2.05, 4.69) is 10.5 Å². The fraction of sp³-hybridized carbons (Fsp3) is 0.200. The molecule has 0 saturated heterocycles. The summed E-state index contributed by atoms with van der Waals surface area (Å²) in [4.78, 5) is 23.1. The Morgan fingerprint density at radius 2 is 1.76 bits per heavy atom. The van der Waals surface area contributed by atoms with Crippen LogP contribution in [-0.4, -0.2) is 38.9 Å². The first kappa shape index (κ1) is 21.2. The van der Waals surface area contributed by atoms with Gasteiger partial charge in [-0.3, -0.25) is 9.59 Å². The first-order chi connectivity index (χ1) is 14.0. The summed E-state index contributed by atoms with van der Waals surface area (Å²) in [5.74, 6) is 0.171. The van der Waals surface area contributed by atoms with Crippen molar-refractivity contribution in [1.82, 2.24) is 5.43 Å². The van der Waals surface area contributed by atoms with Crippen LogP contribution in [0.3, 0.4) is 0 Å². The Bertz CT molecular complexity index is 923. The molecule has 0 unspecified atom stereocenters. The van der Waals surface area contributed by atoms with Crippen LogP contribution in [0.5, 0.6) is 23.0 Å². The van der Waals surface area contributed by atoms with Gasteiger partial charge in [0.15, 0.2) is 18.1 Å². The van der Waals surface area contributed by atoms with Crippen LogP contribution in [0.2, 0.25) is 0 Å². The Morgan fingerprint density at radius 3 is 2.28 bits per heavy atom. The Balaban J connectivity index is 1.98. The zero-order valence-corrected chi connectivity index (χ0v) is 16.1. The molecular formula is C20H19N3O6. The summed E-state index contributed by atoms with van der Waals surface area (Å²) in [6.45, 7) is 1.02. The van der Waals surface area contributed by atoms with Gasteiger partial charge >= 0.3 is 5.97 Å². The SMILES string of the molecule is COc1cc(/C=N/NC(=O)COc2ccc(C#N)cc2)cc(OC)c1OC(C)=O. The second-order valence-corrected chi connectivity index (χ2v) is 5.57. The van der Waals surface area contributed by atoms with Gasteiger partial charge in [-0.05, 0) is 36.4 Å². The minimum atomic E-state index is -0.516. The Kier molecular flexibility index (Phi) is 7.56. The van der Waals surface area contributed by atoms with Crippen molar-refractivity contribution in [1.29, 1.82) is 5.26 Å². The number of ether oxygens (including phenoxy) is 4. The minimum Gasteiger partial charge on any atom is -0.493 e. The Hall–Kier alpha value is -4.06. The van der Waals surface area contributed by atoms with E-state index >= 15 is 0 Å². The number of rotatable bonds is 8. The highest BCUT2D eigenvalue weighted by Gasteiger charge is 2.15. The van der Waals surface area contributed by atoms with Crippen molar-refractivity contribution in [3.63, 3.8) is 0 Å². The molecule has 1 N–H and O–H groups in total. The fourth-order valence-electron chi connectivity index (χ4n) is 2.20. The van der Waals surface area contributed by atoms with Crippen LogP contribution in [0.1, 0.15) is 18.1 Å². The molecule has 9 heteroatoms. The molecule has 0 aliphatic heterocycles. The lowest BCUT2D eigenvalue weighted by atomic mass is 10.2. The number of amides is 1. The average Bonchev–Trinajstić information content (AvgIpc) is 2.72.